The van der Waals surface area contributed by atoms with Crippen LogP contribution in [0.2, 0.25) is 0 Å². The highest BCUT2D eigenvalue weighted by Crippen LogP contribution is 2.34. The van der Waals surface area contributed by atoms with Gasteiger partial charge in [-0.15, -0.1) is 0 Å². The van der Waals surface area contributed by atoms with Crippen LogP contribution in [-0.4, -0.2) is 43.6 Å². The summed E-state index contributed by atoms with van der Waals surface area (Å²) in [5.74, 6) is 0.331. The Labute approximate surface area is 113 Å². The molecule has 0 atom stereocenters. The number of hydrogen-bond acceptors (Lipinski definition) is 4. The highest BCUT2D eigenvalue weighted by Gasteiger charge is 2.46. The Morgan fingerprint density at radius 3 is 2.58 bits per heavy atom. The first-order valence-corrected chi connectivity index (χ1v) is 7.63. The van der Waals surface area contributed by atoms with E-state index in [1.807, 2.05) is 13.8 Å². The molecule has 0 saturated carbocycles. The lowest BCUT2D eigenvalue weighted by atomic mass is 9.94. The summed E-state index contributed by atoms with van der Waals surface area (Å²) in [6, 6.07) is 5.04. The fraction of sp³-hybridized carbons (Fsp3) is 0.538. The van der Waals surface area contributed by atoms with Crippen molar-refractivity contribution < 1.29 is 18.3 Å². The molecule has 0 radical (unpaired) electrons. The highest BCUT2D eigenvalue weighted by atomic mass is 32.2. The third kappa shape index (κ3) is 2.48. The fourth-order valence-corrected chi connectivity index (χ4v) is 3.97. The lowest BCUT2D eigenvalue weighted by Crippen LogP contribution is -2.62. The predicted molar refractivity (Wildman–Crippen MR) is 71.7 cm³/mol. The molecule has 106 valence electrons. The zero-order valence-corrected chi connectivity index (χ0v) is 12.2. The second-order valence-corrected chi connectivity index (χ2v) is 6.91. The number of benzene rings is 1. The van der Waals surface area contributed by atoms with Crippen LogP contribution in [0.15, 0.2) is 23.1 Å². The second kappa shape index (κ2) is 4.77. The molecule has 5 nitrogen and oxygen atoms in total. The van der Waals surface area contributed by atoms with Gasteiger partial charge >= 0.3 is 0 Å². The third-order valence-electron chi connectivity index (χ3n) is 3.54. The molecule has 19 heavy (non-hydrogen) atoms. The molecule has 0 spiro atoms. The lowest BCUT2D eigenvalue weighted by molar-refractivity contribution is -0.0613. The molecule has 1 saturated heterocycles. The smallest absolute Gasteiger partial charge is 0.246 e. The van der Waals surface area contributed by atoms with E-state index in [1.54, 1.807) is 18.2 Å². The zero-order chi connectivity index (χ0) is 14.3. The molecular formula is C13H19NO4S. The number of aliphatic hydroxyl groups is 1. The molecule has 6 heteroatoms. The Morgan fingerprint density at radius 2 is 2.05 bits per heavy atom. The van der Waals surface area contributed by atoms with Gasteiger partial charge < -0.3 is 9.84 Å². The van der Waals surface area contributed by atoms with Crippen LogP contribution in [0.25, 0.3) is 0 Å². The van der Waals surface area contributed by atoms with Crippen molar-refractivity contribution in [2.45, 2.75) is 30.8 Å². The SMILES string of the molecule is CCC1(O)CN(S(=O)(=O)c2cc(C)ccc2OC)C1. The molecule has 1 aromatic rings. The van der Waals surface area contributed by atoms with E-state index in [1.165, 1.54) is 11.4 Å². The first-order chi connectivity index (χ1) is 8.82. The average molecular weight is 285 g/mol. The molecule has 0 bridgehead atoms. The molecular weight excluding hydrogens is 266 g/mol. The van der Waals surface area contributed by atoms with Crippen molar-refractivity contribution in [2.75, 3.05) is 20.2 Å². The Morgan fingerprint density at radius 1 is 1.42 bits per heavy atom. The van der Waals surface area contributed by atoms with Gasteiger partial charge in [0.15, 0.2) is 0 Å². The number of methoxy groups -OCH3 is 1. The molecule has 1 N–H and O–H groups in total. The molecule has 0 unspecified atom stereocenters. The minimum Gasteiger partial charge on any atom is -0.495 e. The van der Waals surface area contributed by atoms with Crippen molar-refractivity contribution in [1.29, 1.82) is 0 Å². The fourth-order valence-electron chi connectivity index (χ4n) is 2.13. The van der Waals surface area contributed by atoms with Gasteiger partial charge in [-0.3, -0.25) is 0 Å². The van der Waals surface area contributed by atoms with Gasteiger partial charge in [-0.1, -0.05) is 13.0 Å². The summed E-state index contributed by atoms with van der Waals surface area (Å²) < 4.78 is 31.4. The topological polar surface area (TPSA) is 66.8 Å². The molecule has 0 aliphatic carbocycles. The van der Waals surface area contributed by atoms with Gasteiger partial charge in [0.2, 0.25) is 10.0 Å². The summed E-state index contributed by atoms with van der Waals surface area (Å²) >= 11 is 0. The summed E-state index contributed by atoms with van der Waals surface area (Å²) in [5.41, 5.74) is -0.0323. The van der Waals surface area contributed by atoms with E-state index in [0.29, 0.717) is 12.2 Å². The number of sulfonamides is 1. The second-order valence-electron chi connectivity index (χ2n) is 5.01. The number of hydrogen-bond donors (Lipinski definition) is 1. The van der Waals surface area contributed by atoms with Gasteiger partial charge in [0.05, 0.1) is 12.7 Å². The monoisotopic (exact) mass is 285 g/mol. The summed E-state index contributed by atoms with van der Waals surface area (Å²) in [7, 11) is -2.15. The van der Waals surface area contributed by atoms with Crippen LogP contribution in [0.4, 0.5) is 0 Å². The number of aryl methyl sites for hydroxylation is 1. The lowest BCUT2D eigenvalue weighted by Gasteiger charge is -2.44. The van der Waals surface area contributed by atoms with Crippen molar-refractivity contribution in [3.8, 4) is 5.75 Å². The van der Waals surface area contributed by atoms with Gasteiger partial charge in [0.25, 0.3) is 0 Å². The molecule has 1 heterocycles. The third-order valence-corrected chi connectivity index (χ3v) is 5.35. The van der Waals surface area contributed by atoms with Crippen molar-refractivity contribution >= 4 is 10.0 Å². The van der Waals surface area contributed by atoms with Crippen molar-refractivity contribution in [1.82, 2.24) is 4.31 Å². The van der Waals surface area contributed by atoms with Gasteiger partial charge in [0, 0.05) is 13.1 Å². The van der Waals surface area contributed by atoms with Gasteiger partial charge in [-0.05, 0) is 31.0 Å². The van der Waals surface area contributed by atoms with Crippen molar-refractivity contribution in [3.63, 3.8) is 0 Å². The van der Waals surface area contributed by atoms with E-state index in [2.05, 4.69) is 0 Å². The van der Waals surface area contributed by atoms with Crippen LogP contribution in [0.5, 0.6) is 5.75 Å². The minimum atomic E-state index is -3.60. The number of nitrogens with zero attached hydrogens (tertiary/aromatic N) is 1. The largest absolute Gasteiger partial charge is 0.495 e. The predicted octanol–water partition coefficient (Wildman–Crippen LogP) is 1.15. The van der Waals surface area contributed by atoms with Crippen LogP contribution in [0.1, 0.15) is 18.9 Å². The first-order valence-electron chi connectivity index (χ1n) is 6.19. The van der Waals surface area contributed by atoms with Crippen LogP contribution in [0, 0.1) is 6.92 Å². The van der Waals surface area contributed by atoms with Crippen molar-refractivity contribution in [3.05, 3.63) is 23.8 Å². The van der Waals surface area contributed by atoms with E-state index < -0.39 is 15.6 Å². The Bertz CT molecular complexity index is 576. The van der Waals surface area contributed by atoms with Gasteiger partial charge in [-0.25, -0.2) is 8.42 Å². The summed E-state index contributed by atoms with van der Waals surface area (Å²) in [4.78, 5) is 0.160. The summed E-state index contributed by atoms with van der Waals surface area (Å²) in [6.45, 7) is 3.96. The molecule has 1 aliphatic heterocycles. The molecule has 2 rings (SSSR count). The van der Waals surface area contributed by atoms with Crippen LogP contribution >= 0.6 is 0 Å². The molecule has 0 amide bonds. The van der Waals surface area contributed by atoms with E-state index in [4.69, 9.17) is 4.74 Å². The van der Waals surface area contributed by atoms with Crippen LogP contribution in [-0.2, 0) is 10.0 Å². The van der Waals surface area contributed by atoms with Gasteiger partial charge in [-0.2, -0.15) is 4.31 Å². The summed E-state index contributed by atoms with van der Waals surface area (Å²) in [6.07, 6.45) is 0.546. The number of ether oxygens (including phenoxy) is 1. The zero-order valence-electron chi connectivity index (χ0n) is 11.4. The highest BCUT2D eigenvalue weighted by molar-refractivity contribution is 7.89. The average Bonchev–Trinajstić information content (AvgIpc) is 2.34. The number of β-amino-alcohol motifs (C(OH)–C–C–N with tert-alkyl or cyclic N) is 1. The maximum atomic E-state index is 12.5. The van der Waals surface area contributed by atoms with Crippen LogP contribution in [0.3, 0.4) is 0 Å². The Kier molecular flexibility index (Phi) is 3.59. The molecule has 0 aromatic heterocycles. The standard InChI is InChI=1S/C13H19NO4S/c1-4-13(15)8-14(9-13)19(16,17)12-7-10(2)5-6-11(12)18-3/h5-7,15H,4,8-9H2,1-3H3. The molecule has 1 fully saturated rings. The van der Waals surface area contributed by atoms with Crippen LogP contribution < -0.4 is 4.74 Å². The van der Waals surface area contributed by atoms with E-state index in [-0.39, 0.29) is 18.0 Å². The minimum absolute atomic E-state index is 0.142. The van der Waals surface area contributed by atoms with E-state index in [9.17, 15) is 13.5 Å². The van der Waals surface area contributed by atoms with E-state index >= 15 is 0 Å². The molecule has 1 aromatic carbocycles. The quantitative estimate of drug-likeness (QED) is 0.901. The number of rotatable bonds is 4. The normalized spacial score (nSPS) is 18.9. The van der Waals surface area contributed by atoms with E-state index in [0.717, 1.165) is 5.56 Å². The molecule has 1 aliphatic rings. The van der Waals surface area contributed by atoms with Gasteiger partial charge in [0.1, 0.15) is 10.6 Å². The first kappa shape index (κ1) is 14.3. The Balaban J connectivity index is 2.34. The Hall–Kier alpha value is -1.11. The summed E-state index contributed by atoms with van der Waals surface area (Å²) in [5, 5.41) is 9.94. The maximum absolute atomic E-state index is 12.5. The maximum Gasteiger partial charge on any atom is 0.246 e. The van der Waals surface area contributed by atoms with Crippen molar-refractivity contribution in [2.24, 2.45) is 0 Å².